The Morgan fingerprint density at radius 3 is 2.44 bits per heavy atom. The van der Waals surface area contributed by atoms with E-state index in [0.717, 1.165) is 6.42 Å². The van der Waals surface area contributed by atoms with Crippen molar-refractivity contribution < 1.29 is 14.0 Å². The van der Waals surface area contributed by atoms with Crippen LogP contribution in [0.4, 0.5) is 4.39 Å². The van der Waals surface area contributed by atoms with E-state index in [1.807, 2.05) is 6.92 Å². The molecule has 2 rings (SSSR count). The number of hydrogen-bond acceptors (Lipinski definition) is 2. The maximum atomic E-state index is 12.7. The molecule has 1 saturated carbocycles. The zero-order chi connectivity index (χ0) is 13.1. The standard InChI is InChI=1S/C13H15FN2O2/c1-8-6-11(8)13(18)16-15-12(17)7-9-2-4-10(14)5-3-9/h2-5,8,11H,6-7H2,1H3,(H,15,17)(H,16,18)/t8-,11+/m0/s1. The second-order valence-electron chi connectivity index (χ2n) is 4.66. The summed E-state index contributed by atoms with van der Waals surface area (Å²) in [6, 6.07) is 5.68. The number of hydrazine groups is 1. The fourth-order valence-corrected chi connectivity index (χ4v) is 1.74. The molecule has 2 atom stereocenters. The minimum absolute atomic E-state index is 0.0242. The van der Waals surface area contributed by atoms with Crippen molar-refractivity contribution in [1.82, 2.24) is 10.9 Å². The summed E-state index contributed by atoms with van der Waals surface area (Å²) in [5.41, 5.74) is 5.45. The Labute approximate surface area is 105 Å². The van der Waals surface area contributed by atoms with E-state index in [2.05, 4.69) is 10.9 Å². The summed E-state index contributed by atoms with van der Waals surface area (Å²) in [6.07, 6.45) is 0.987. The number of hydrogen-bond donors (Lipinski definition) is 2. The molecule has 5 heteroatoms. The highest BCUT2D eigenvalue weighted by atomic mass is 19.1. The van der Waals surface area contributed by atoms with Crippen molar-refractivity contribution in [2.24, 2.45) is 11.8 Å². The van der Waals surface area contributed by atoms with E-state index < -0.39 is 0 Å². The largest absolute Gasteiger partial charge is 0.273 e. The first-order chi connectivity index (χ1) is 8.56. The molecule has 0 spiro atoms. The fourth-order valence-electron chi connectivity index (χ4n) is 1.74. The van der Waals surface area contributed by atoms with Crippen LogP contribution in [0, 0.1) is 17.7 Å². The van der Waals surface area contributed by atoms with Crippen LogP contribution >= 0.6 is 0 Å². The third-order valence-corrected chi connectivity index (χ3v) is 3.05. The van der Waals surface area contributed by atoms with Crippen LogP contribution in [0.15, 0.2) is 24.3 Å². The zero-order valence-electron chi connectivity index (χ0n) is 10.1. The lowest BCUT2D eigenvalue weighted by Gasteiger charge is -2.06. The molecule has 2 amide bonds. The number of benzene rings is 1. The van der Waals surface area contributed by atoms with Crippen LogP contribution in [0.2, 0.25) is 0 Å². The summed E-state index contributed by atoms with van der Waals surface area (Å²) in [7, 11) is 0. The quantitative estimate of drug-likeness (QED) is 0.791. The highest BCUT2D eigenvalue weighted by Crippen LogP contribution is 2.37. The number of halogens is 1. The summed E-state index contributed by atoms with van der Waals surface area (Å²) in [5.74, 6) is -0.372. The van der Waals surface area contributed by atoms with Gasteiger partial charge in [0.25, 0.3) is 0 Å². The summed E-state index contributed by atoms with van der Waals surface area (Å²) in [6.45, 7) is 1.99. The van der Waals surface area contributed by atoms with Crippen molar-refractivity contribution in [3.05, 3.63) is 35.6 Å². The molecule has 0 heterocycles. The number of amides is 2. The van der Waals surface area contributed by atoms with E-state index in [9.17, 15) is 14.0 Å². The van der Waals surface area contributed by atoms with Gasteiger partial charge in [-0.05, 0) is 30.0 Å². The maximum absolute atomic E-state index is 12.7. The van der Waals surface area contributed by atoms with E-state index >= 15 is 0 Å². The SMILES string of the molecule is C[C@H]1C[C@H]1C(=O)NNC(=O)Cc1ccc(F)cc1. The molecular formula is C13H15FN2O2. The number of nitrogens with one attached hydrogen (secondary N) is 2. The number of carbonyl (C=O) groups is 2. The van der Waals surface area contributed by atoms with Crippen LogP contribution in [-0.2, 0) is 16.0 Å². The van der Waals surface area contributed by atoms with Crippen molar-refractivity contribution >= 4 is 11.8 Å². The Hall–Kier alpha value is -1.91. The Bertz CT molecular complexity index is 459. The van der Waals surface area contributed by atoms with Gasteiger partial charge in [0.15, 0.2) is 0 Å². The third kappa shape index (κ3) is 3.29. The lowest BCUT2D eigenvalue weighted by atomic mass is 10.1. The first kappa shape index (κ1) is 12.5. The molecule has 1 aliphatic rings. The van der Waals surface area contributed by atoms with Gasteiger partial charge in [-0.1, -0.05) is 19.1 Å². The molecule has 4 nitrogen and oxygen atoms in total. The van der Waals surface area contributed by atoms with Gasteiger partial charge < -0.3 is 0 Å². The van der Waals surface area contributed by atoms with Crippen LogP contribution in [-0.4, -0.2) is 11.8 Å². The minimum Gasteiger partial charge on any atom is -0.273 e. The van der Waals surface area contributed by atoms with Crippen LogP contribution in [0.1, 0.15) is 18.9 Å². The third-order valence-electron chi connectivity index (χ3n) is 3.05. The summed E-state index contributed by atoms with van der Waals surface area (Å²) in [4.78, 5) is 22.9. The van der Waals surface area contributed by atoms with Crippen LogP contribution < -0.4 is 10.9 Å². The van der Waals surface area contributed by atoms with Gasteiger partial charge in [-0.15, -0.1) is 0 Å². The highest BCUT2D eigenvalue weighted by molar-refractivity contribution is 5.85. The lowest BCUT2D eigenvalue weighted by molar-refractivity contribution is -0.129. The molecule has 96 valence electrons. The van der Waals surface area contributed by atoms with Crippen LogP contribution in [0.5, 0.6) is 0 Å². The molecule has 1 aromatic carbocycles. The van der Waals surface area contributed by atoms with Gasteiger partial charge in [-0.3, -0.25) is 20.4 Å². The average molecular weight is 250 g/mol. The molecule has 1 aromatic rings. The molecule has 1 aliphatic carbocycles. The molecule has 0 aromatic heterocycles. The Morgan fingerprint density at radius 2 is 1.89 bits per heavy atom. The van der Waals surface area contributed by atoms with Crippen LogP contribution in [0.3, 0.4) is 0 Å². The summed E-state index contributed by atoms with van der Waals surface area (Å²) >= 11 is 0. The lowest BCUT2D eigenvalue weighted by Crippen LogP contribution is -2.43. The molecule has 0 bridgehead atoms. The first-order valence-corrected chi connectivity index (χ1v) is 5.89. The molecule has 0 unspecified atom stereocenters. The van der Waals surface area contributed by atoms with Gasteiger partial charge >= 0.3 is 0 Å². The van der Waals surface area contributed by atoms with Gasteiger partial charge in [0.2, 0.25) is 11.8 Å². The molecule has 0 aliphatic heterocycles. The van der Waals surface area contributed by atoms with Crippen molar-refractivity contribution in [1.29, 1.82) is 0 Å². The van der Waals surface area contributed by atoms with E-state index in [1.54, 1.807) is 12.1 Å². The van der Waals surface area contributed by atoms with Gasteiger partial charge in [-0.25, -0.2) is 4.39 Å². The Morgan fingerprint density at radius 1 is 1.28 bits per heavy atom. The van der Waals surface area contributed by atoms with E-state index in [0.29, 0.717) is 11.5 Å². The predicted octanol–water partition coefficient (Wildman–Crippen LogP) is 1.17. The number of rotatable bonds is 3. The topological polar surface area (TPSA) is 58.2 Å². The fraction of sp³-hybridized carbons (Fsp3) is 0.385. The molecule has 0 radical (unpaired) electrons. The molecule has 0 saturated heterocycles. The van der Waals surface area contributed by atoms with Crippen LogP contribution in [0.25, 0.3) is 0 Å². The predicted molar refractivity (Wildman–Crippen MR) is 63.7 cm³/mol. The van der Waals surface area contributed by atoms with Gasteiger partial charge in [0.05, 0.1) is 6.42 Å². The molecule has 1 fully saturated rings. The van der Waals surface area contributed by atoms with Gasteiger partial charge in [-0.2, -0.15) is 0 Å². The Balaban J connectivity index is 1.75. The van der Waals surface area contributed by atoms with E-state index in [-0.39, 0.29) is 30.0 Å². The zero-order valence-corrected chi connectivity index (χ0v) is 10.1. The highest BCUT2D eigenvalue weighted by Gasteiger charge is 2.39. The molecule has 2 N–H and O–H groups in total. The average Bonchev–Trinajstić information content (AvgIpc) is 3.06. The first-order valence-electron chi connectivity index (χ1n) is 5.89. The molecule has 18 heavy (non-hydrogen) atoms. The van der Waals surface area contributed by atoms with Crippen molar-refractivity contribution in [2.45, 2.75) is 19.8 Å². The van der Waals surface area contributed by atoms with E-state index in [4.69, 9.17) is 0 Å². The van der Waals surface area contributed by atoms with Crippen molar-refractivity contribution in [3.63, 3.8) is 0 Å². The monoisotopic (exact) mass is 250 g/mol. The minimum atomic E-state index is -0.338. The second-order valence-corrected chi connectivity index (χ2v) is 4.66. The second kappa shape index (κ2) is 5.16. The smallest absolute Gasteiger partial charge is 0.242 e. The maximum Gasteiger partial charge on any atom is 0.242 e. The van der Waals surface area contributed by atoms with Crippen molar-refractivity contribution in [3.8, 4) is 0 Å². The van der Waals surface area contributed by atoms with Crippen molar-refractivity contribution in [2.75, 3.05) is 0 Å². The normalized spacial score (nSPS) is 21.2. The van der Waals surface area contributed by atoms with Gasteiger partial charge in [0, 0.05) is 5.92 Å². The van der Waals surface area contributed by atoms with E-state index in [1.165, 1.54) is 12.1 Å². The summed E-state index contributed by atoms with van der Waals surface area (Å²) in [5, 5.41) is 0. The summed E-state index contributed by atoms with van der Waals surface area (Å²) < 4.78 is 12.7. The molecular weight excluding hydrogens is 235 g/mol. The number of carbonyl (C=O) groups excluding carboxylic acids is 2. The van der Waals surface area contributed by atoms with Gasteiger partial charge in [0.1, 0.15) is 5.82 Å². The Kier molecular flexibility index (Phi) is 3.60.